The summed E-state index contributed by atoms with van der Waals surface area (Å²) in [6, 6.07) is 7.31. The molecule has 0 aliphatic heterocycles. The van der Waals surface area contributed by atoms with Crippen LogP contribution in [0.5, 0.6) is 0 Å². The number of pyridine rings is 1. The molecule has 0 radical (unpaired) electrons. The van der Waals surface area contributed by atoms with Crippen molar-refractivity contribution in [2.75, 3.05) is 5.32 Å². The van der Waals surface area contributed by atoms with E-state index in [1.807, 2.05) is 0 Å². The van der Waals surface area contributed by atoms with Gasteiger partial charge in [-0.3, -0.25) is 9.59 Å². The van der Waals surface area contributed by atoms with E-state index in [1.54, 1.807) is 24.3 Å². The summed E-state index contributed by atoms with van der Waals surface area (Å²) in [7, 11) is 0. The molecular formula is C23H23F6N3O2. The fourth-order valence-electron chi connectivity index (χ4n) is 3.90. The van der Waals surface area contributed by atoms with Crippen molar-refractivity contribution < 1.29 is 35.9 Å². The number of amides is 1. The van der Waals surface area contributed by atoms with Gasteiger partial charge in [-0.2, -0.15) is 26.3 Å². The standard InChI is InChI=1S/C23H23F6N3O2/c1-13(33)9-14-3-2-4-15(10-14)21(34)31-17-7-5-16(6-8-17)30-18-11-19(22(24,25)26)32-20(12-18)23(27,28)29/h2-4,10-12,16-17H,5-9H2,1H3,(H,30,32)(H,31,34). The highest BCUT2D eigenvalue weighted by atomic mass is 19.4. The molecule has 1 saturated carbocycles. The number of anilines is 1. The van der Waals surface area contributed by atoms with Gasteiger partial charge in [-0.1, -0.05) is 12.1 Å². The first kappa shape index (κ1) is 25.5. The molecule has 11 heteroatoms. The summed E-state index contributed by atoms with van der Waals surface area (Å²) in [5, 5.41) is 5.65. The number of hydrogen-bond donors (Lipinski definition) is 2. The van der Waals surface area contributed by atoms with Gasteiger partial charge in [-0.15, -0.1) is 0 Å². The predicted octanol–water partition coefficient (Wildman–Crippen LogP) is 5.40. The summed E-state index contributed by atoms with van der Waals surface area (Å²) < 4.78 is 78.0. The second-order valence-corrected chi connectivity index (χ2v) is 8.37. The van der Waals surface area contributed by atoms with Crippen LogP contribution in [0.15, 0.2) is 36.4 Å². The Morgan fingerprint density at radius 3 is 2.00 bits per heavy atom. The molecule has 184 valence electrons. The zero-order valence-electron chi connectivity index (χ0n) is 18.2. The third-order valence-corrected chi connectivity index (χ3v) is 5.48. The Labute approximate surface area is 191 Å². The van der Waals surface area contributed by atoms with Crippen molar-refractivity contribution in [3.8, 4) is 0 Å². The van der Waals surface area contributed by atoms with Gasteiger partial charge in [0, 0.05) is 29.8 Å². The van der Waals surface area contributed by atoms with E-state index in [1.165, 1.54) is 6.92 Å². The number of Topliss-reactive ketones (excluding diaryl/α,β-unsaturated/α-hetero) is 1. The molecule has 0 atom stereocenters. The van der Waals surface area contributed by atoms with E-state index in [4.69, 9.17) is 0 Å². The van der Waals surface area contributed by atoms with Gasteiger partial charge >= 0.3 is 12.4 Å². The van der Waals surface area contributed by atoms with Crippen molar-refractivity contribution in [3.63, 3.8) is 0 Å². The largest absolute Gasteiger partial charge is 0.433 e. The molecule has 1 aromatic carbocycles. The first-order chi connectivity index (χ1) is 15.8. The molecule has 0 saturated heterocycles. The van der Waals surface area contributed by atoms with Crippen molar-refractivity contribution in [2.24, 2.45) is 0 Å². The number of nitrogens with zero attached hydrogens (tertiary/aromatic N) is 1. The number of aromatic nitrogens is 1. The molecule has 1 aromatic heterocycles. The summed E-state index contributed by atoms with van der Waals surface area (Å²) in [5.41, 5.74) is -2.39. The lowest BCUT2D eigenvalue weighted by molar-refractivity contribution is -0.150. The van der Waals surface area contributed by atoms with Crippen LogP contribution in [0.25, 0.3) is 0 Å². The molecule has 1 amide bonds. The fraction of sp³-hybridized carbons (Fsp3) is 0.435. The highest BCUT2D eigenvalue weighted by Gasteiger charge is 2.39. The minimum Gasteiger partial charge on any atom is -0.382 e. The Bertz CT molecular complexity index is 1010. The van der Waals surface area contributed by atoms with Crippen molar-refractivity contribution in [3.05, 3.63) is 58.9 Å². The van der Waals surface area contributed by atoms with Crippen molar-refractivity contribution in [2.45, 2.75) is 63.5 Å². The molecule has 1 aliphatic carbocycles. The van der Waals surface area contributed by atoms with Crippen LogP contribution in [0.1, 0.15) is 59.9 Å². The SMILES string of the molecule is CC(=O)Cc1cccc(C(=O)NC2CCC(Nc3cc(C(F)(F)F)nc(C(F)(F)F)c3)CC2)c1. The normalized spacial score (nSPS) is 18.9. The molecule has 1 aliphatic rings. The Balaban J connectivity index is 1.60. The van der Waals surface area contributed by atoms with Gasteiger partial charge in [0.25, 0.3) is 5.91 Å². The summed E-state index contributed by atoms with van der Waals surface area (Å²) >= 11 is 0. The number of ketones is 1. The van der Waals surface area contributed by atoms with Gasteiger partial charge in [-0.05, 0) is 62.4 Å². The first-order valence-electron chi connectivity index (χ1n) is 10.6. The number of nitrogens with one attached hydrogen (secondary N) is 2. The van der Waals surface area contributed by atoms with E-state index >= 15 is 0 Å². The third kappa shape index (κ3) is 6.94. The minimum absolute atomic E-state index is 0.0257. The molecule has 0 bridgehead atoms. The predicted molar refractivity (Wildman–Crippen MR) is 112 cm³/mol. The number of rotatable bonds is 6. The smallest absolute Gasteiger partial charge is 0.382 e. The van der Waals surface area contributed by atoms with Crippen LogP contribution in [-0.2, 0) is 23.6 Å². The van der Waals surface area contributed by atoms with Crippen molar-refractivity contribution >= 4 is 17.4 Å². The molecule has 1 heterocycles. The van der Waals surface area contributed by atoms with E-state index in [0.717, 1.165) is 5.56 Å². The van der Waals surface area contributed by atoms with Crippen LogP contribution in [0, 0.1) is 0 Å². The summed E-state index contributed by atoms with van der Waals surface area (Å²) in [5.74, 6) is -0.331. The van der Waals surface area contributed by atoms with Crippen LogP contribution >= 0.6 is 0 Å². The summed E-state index contributed by atoms with van der Waals surface area (Å²) in [6.45, 7) is 1.46. The molecule has 1 fully saturated rings. The lowest BCUT2D eigenvalue weighted by Crippen LogP contribution is -2.40. The van der Waals surface area contributed by atoms with Crippen LogP contribution in [-0.4, -0.2) is 28.8 Å². The average Bonchev–Trinajstić information content (AvgIpc) is 2.73. The molecule has 5 nitrogen and oxygen atoms in total. The molecule has 34 heavy (non-hydrogen) atoms. The Morgan fingerprint density at radius 2 is 1.47 bits per heavy atom. The topological polar surface area (TPSA) is 71.1 Å². The zero-order valence-corrected chi connectivity index (χ0v) is 18.2. The van der Waals surface area contributed by atoms with E-state index < -0.39 is 23.7 Å². The number of hydrogen-bond acceptors (Lipinski definition) is 4. The highest BCUT2D eigenvalue weighted by Crippen LogP contribution is 2.35. The summed E-state index contributed by atoms with van der Waals surface area (Å²) in [4.78, 5) is 26.5. The fourth-order valence-corrected chi connectivity index (χ4v) is 3.90. The minimum atomic E-state index is -5.01. The van der Waals surface area contributed by atoms with Crippen LogP contribution < -0.4 is 10.6 Å². The average molecular weight is 487 g/mol. The number of carbonyl (C=O) groups excluding carboxylic acids is 2. The van der Waals surface area contributed by atoms with Gasteiger partial charge in [-0.25, -0.2) is 4.98 Å². The maximum Gasteiger partial charge on any atom is 0.433 e. The van der Waals surface area contributed by atoms with Gasteiger partial charge in [0.05, 0.1) is 0 Å². The Hall–Kier alpha value is -3.11. The van der Waals surface area contributed by atoms with E-state index in [-0.39, 0.29) is 35.9 Å². The van der Waals surface area contributed by atoms with Crippen molar-refractivity contribution in [1.82, 2.24) is 10.3 Å². The van der Waals surface area contributed by atoms with Crippen LogP contribution in [0.4, 0.5) is 32.0 Å². The van der Waals surface area contributed by atoms with E-state index in [2.05, 4.69) is 15.6 Å². The Kier molecular flexibility index (Phi) is 7.52. The van der Waals surface area contributed by atoms with Gasteiger partial charge in [0.2, 0.25) is 0 Å². The van der Waals surface area contributed by atoms with Gasteiger partial charge in [0.15, 0.2) is 0 Å². The number of benzene rings is 1. The van der Waals surface area contributed by atoms with Crippen LogP contribution in [0.2, 0.25) is 0 Å². The second-order valence-electron chi connectivity index (χ2n) is 8.37. The first-order valence-corrected chi connectivity index (χ1v) is 10.6. The molecule has 3 rings (SSSR count). The molecule has 2 N–H and O–H groups in total. The molecular weight excluding hydrogens is 464 g/mol. The summed E-state index contributed by atoms with van der Waals surface area (Å²) in [6.07, 6.45) is -7.91. The second kappa shape index (κ2) is 10.0. The van der Waals surface area contributed by atoms with E-state index in [9.17, 15) is 35.9 Å². The maximum atomic E-state index is 13.0. The van der Waals surface area contributed by atoms with Crippen molar-refractivity contribution in [1.29, 1.82) is 0 Å². The molecule has 0 spiro atoms. The van der Waals surface area contributed by atoms with Crippen LogP contribution in [0.3, 0.4) is 0 Å². The number of carbonyl (C=O) groups is 2. The zero-order chi connectivity index (χ0) is 25.1. The number of alkyl halides is 6. The lowest BCUT2D eigenvalue weighted by Gasteiger charge is -2.30. The maximum absolute atomic E-state index is 13.0. The lowest BCUT2D eigenvalue weighted by atomic mass is 9.90. The number of halogens is 6. The Morgan fingerprint density at radius 1 is 0.912 bits per heavy atom. The quantitative estimate of drug-likeness (QED) is 0.535. The molecule has 0 unspecified atom stereocenters. The molecule has 2 aromatic rings. The third-order valence-electron chi connectivity index (χ3n) is 5.48. The monoisotopic (exact) mass is 487 g/mol. The van der Waals surface area contributed by atoms with E-state index in [0.29, 0.717) is 43.4 Å². The van der Waals surface area contributed by atoms with Gasteiger partial charge < -0.3 is 10.6 Å². The van der Waals surface area contributed by atoms with Gasteiger partial charge in [0.1, 0.15) is 17.2 Å². The highest BCUT2D eigenvalue weighted by molar-refractivity contribution is 5.94.